The van der Waals surface area contributed by atoms with E-state index in [1.54, 1.807) is 0 Å². The molecule has 106 valence electrons. The molecule has 0 radical (unpaired) electrons. The van der Waals surface area contributed by atoms with Crippen LogP contribution in [0, 0.1) is 0 Å². The molecular formula is C16H21N3O. The number of nitrogens with zero attached hydrogens (tertiary/aromatic N) is 2. The van der Waals surface area contributed by atoms with Crippen LogP contribution in [0.25, 0.3) is 11.4 Å². The topological polar surface area (TPSA) is 61.0 Å². The summed E-state index contributed by atoms with van der Waals surface area (Å²) in [7, 11) is 0. The minimum Gasteiger partial charge on any atom is -0.491 e. The molecule has 0 aliphatic carbocycles. The van der Waals surface area contributed by atoms with Crippen LogP contribution >= 0.6 is 0 Å². The predicted molar refractivity (Wildman–Crippen MR) is 81.6 cm³/mol. The quantitative estimate of drug-likeness (QED) is 0.904. The van der Waals surface area contributed by atoms with Gasteiger partial charge in [-0.25, -0.2) is 9.97 Å². The van der Waals surface area contributed by atoms with Gasteiger partial charge in [-0.15, -0.1) is 0 Å². The number of hydrogen-bond donors (Lipinski definition) is 1. The zero-order valence-corrected chi connectivity index (χ0v) is 12.3. The van der Waals surface area contributed by atoms with Crippen LogP contribution in [0.3, 0.4) is 0 Å². The Hall–Kier alpha value is -2.10. The molecule has 0 aliphatic rings. The first-order chi connectivity index (χ1) is 9.58. The molecular weight excluding hydrogens is 250 g/mol. The molecule has 0 aliphatic heterocycles. The van der Waals surface area contributed by atoms with Crippen LogP contribution in [-0.4, -0.2) is 16.1 Å². The molecule has 0 bridgehead atoms. The van der Waals surface area contributed by atoms with Crippen molar-refractivity contribution in [1.82, 2.24) is 9.97 Å². The zero-order valence-electron chi connectivity index (χ0n) is 12.3. The maximum absolute atomic E-state index is 5.85. The average Bonchev–Trinajstić information content (AvgIpc) is 2.38. The van der Waals surface area contributed by atoms with Gasteiger partial charge in [0, 0.05) is 17.3 Å². The fourth-order valence-corrected chi connectivity index (χ4v) is 1.99. The second-order valence-corrected chi connectivity index (χ2v) is 5.05. The van der Waals surface area contributed by atoms with Crippen molar-refractivity contribution in [2.45, 2.75) is 39.7 Å². The molecule has 0 spiro atoms. The minimum atomic E-state index is 0.167. The largest absolute Gasteiger partial charge is 0.491 e. The Morgan fingerprint density at radius 2 is 1.85 bits per heavy atom. The molecule has 2 aromatic rings. The second-order valence-electron chi connectivity index (χ2n) is 5.05. The third-order valence-corrected chi connectivity index (χ3v) is 2.79. The van der Waals surface area contributed by atoms with E-state index in [0.29, 0.717) is 11.6 Å². The Labute approximate surface area is 120 Å². The number of aromatic nitrogens is 2. The predicted octanol–water partition coefficient (Wildman–Crippen LogP) is 3.47. The number of ether oxygens (including phenoxy) is 1. The Balaban J connectivity index is 2.26. The lowest BCUT2D eigenvalue weighted by Crippen LogP contribution is -2.05. The molecule has 2 N–H and O–H groups in total. The molecule has 0 atom stereocenters. The van der Waals surface area contributed by atoms with Gasteiger partial charge in [-0.05, 0) is 44.5 Å². The van der Waals surface area contributed by atoms with Crippen molar-refractivity contribution in [3.05, 3.63) is 36.0 Å². The van der Waals surface area contributed by atoms with E-state index in [9.17, 15) is 0 Å². The van der Waals surface area contributed by atoms with Crippen molar-refractivity contribution in [3.63, 3.8) is 0 Å². The Morgan fingerprint density at radius 1 is 1.15 bits per heavy atom. The first-order valence-corrected chi connectivity index (χ1v) is 6.99. The summed E-state index contributed by atoms with van der Waals surface area (Å²) in [6.45, 7) is 6.13. The normalized spacial score (nSPS) is 10.8. The van der Waals surface area contributed by atoms with Crippen LogP contribution in [0.5, 0.6) is 5.75 Å². The van der Waals surface area contributed by atoms with Gasteiger partial charge in [0.25, 0.3) is 0 Å². The summed E-state index contributed by atoms with van der Waals surface area (Å²) in [6, 6.07) is 9.62. The van der Waals surface area contributed by atoms with Gasteiger partial charge >= 0.3 is 0 Å². The molecule has 0 saturated heterocycles. The van der Waals surface area contributed by atoms with E-state index in [2.05, 4.69) is 16.9 Å². The Bertz CT molecular complexity index is 564. The molecule has 0 amide bonds. The van der Waals surface area contributed by atoms with E-state index in [4.69, 9.17) is 10.5 Å². The summed E-state index contributed by atoms with van der Waals surface area (Å²) in [4.78, 5) is 8.86. The number of aryl methyl sites for hydroxylation is 1. The molecule has 2 rings (SSSR count). The first kappa shape index (κ1) is 14.3. The van der Waals surface area contributed by atoms with Crippen molar-refractivity contribution in [2.75, 3.05) is 5.73 Å². The lowest BCUT2D eigenvalue weighted by Gasteiger charge is -2.10. The van der Waals surface area contributed by atoms with Gasteiger partial charge < -0.3 is 10.5 Å². The fourth-order valence-electron chi connectivity index (χ4n) is 1.99. The summed E-state index contributed by atoms with van der Waals surface area (Å²) in [5.41, 5.74) is 7.78. The van der Waals surface area contributed by atoms with Crippen molar-refractivity contribution in [2.24, 2.45) is 0 Å². The summed E-state index contributed by atoms with van der Waals surface area (Å²) < 4.78 is 5.63. The van der Waals surface area contributed by atoms with Gasteiger partial charge in [0.2, 0.25) is 0 Å². The standard InChI is InChI=1S/C16H21N3O/c1-4-5-13-10-15(17)19-16(18-13)12-6-8-14(9-7-12)20-11(2)3/h6-11H,4-5H2,1-3H3,(H2,17,18,19). The maximum Gasteiger partial charge on any atom is 0.161 e. The highest BCUT2D eigenvalue weighted by Crippen LogP contribution is 2.21. The number of benzene rings is 1. The van der Waals surface area contributed by atoms with Gasteiger partial charge in [-0.2, -0.15) is 0 Å². The van der Waals surface area contributed by atoms with Crippen LogP contribution in [-0.2, 0) is 6.42 Å². The number of rotatable bonds is 5. The third kappa shape index (κ3) is 3.70. The molecule has 4 heteroatoms. The summed E-state index contributed by atoms with van der Waals surface area (Å²) in [6.07, 6.45) is 2.12. The van der Waals surface area contributed by atoms with E-state index >= 15 is 0 Å². The minimum absolute atomic E-state index is 0.167. The molecule has 1 aromatic heterocycles. The van der Waals surface area contributed by atoms with E-state index in [-0.39, 0.29) is 6.10 Å². The summed E-state index contributed by atoms with van der Waals surface area (Å²) in [5.74, 6) is 2.03. The lowest BCUT2D eigenvalue weighted by molar-refractivity contribution is 0.242. The van der Waals surface area contributed by atoms with E-state index in [1.165, 1.54) is 0 Å². The zero-order chi connectivity index (χ0) is 14.5. The fraction of sp³-hybridized carbons (Fsp3) is 0.375. The van der Waals surface area contributed by atoms with Crippen LogP contribution in [0.4, 0.5) is 5.82 Å². The Kier molecular flexibility index (Phi) is 4.56. The average molecular weight is 271 g/mol. The van der Waals surface area contributed by atoms with E-state index in [1.807, 2.05) is 44.2 Å². The van der Waals surface area contributed by atoms with E-state index < -0.39 is 0 Å². The van der Waals surface area contributed by atoms with Gasteiger partial charge in [-0.1, -0.05) is 13.3 Å². The number of nitrogens with two attached hydrogens (primary N) is 1. The van der Waals surface area contributed by atoms with Crippen molar-refractivity contribution < 1.29 is 4.74 Å². The van der Waals surface area contributed by atoms with Gasteiger partial charge in [0.1, 0.15) is 11.6 Å². The van der Waals surface area contributed by atoms with E-state index in [0.717, 1.165) is 29.8 Å². The number of nitrogen functional groups attached to an aromatic ring is 1. The van der Waals surface area contributed by atoms with Gasteiger partial charge in [0.05, 0.1) is 6.10 Å². The van der Waals surface area contributed by atoms with Crippen molar-refractivity contribution >= 4 is 5.82 Å². The lowest BCUT2D eigenvalue weighted by atomic mass is 10.2. The second kappa shape index (κ2) is 6.37. The molecule has 1 aromatic carbocycles. The molecule has 0 saturated carbocycles. The molecule has 1 heterocycles. The smallest absolute Gasteiger partial charge is 0.161 e. The molecule has 0 fully saturated rings. The molecule has 4 nitrogen and oxygen atoms in total. The van der Waals surface area contributed by atoms with Crippen LogP contribution in [0.2, 0.25) is 0 Å². The molecule has 0 unspecified atom stereocenters. The SMILES string of the molecule is CCCc1cc(N)nc(-c2ccc(OC(C)C)cc2)n1. The molecule has 20 heavy (non-hydrogen) atoms. The van der Waals surface area contributed by atoms with Crippen LogP contribution in [0.15, 0.2) is 30.3 Å². The highest BCUT2D eigenvalue weighted by Gasteiger charge is 2.06. The van der Waals surface area contributed by atoms with Crippen molar-refractivity contribution in [3.8, 4) is 17.1 Å². The third-order valence-electron chi connectivity index (χ3n) is 2.79. The number of hydrogen-bond acceptors (Lipinski definition) is 4. The van der Waals surface area contributed by atoms with Gasteiger partial charge in [-0.3, -0.25) is 0 Å². The van der Waals surface area contributed by atoms with Crippen LogP contribution < -0.4 is 10.5 Å². The Morgan fingerprint density at radius 3 is 2.45 bits per heavy atom. The highest BCUT2D eigenvalue weighted by molar-refractivity contribution is 5.58. The summed E-state index contributed by atoms with van der Waals surface area (Å²) in [5, 5.41) is 0. The first-order valence-electron chi connectivity index (χ1n) is 6.99. The summed E-state index contributed by atoms with van der Waals surface area (Å²) >= 11 is 0. The van der Waals surface area contributed by atoms with Crippen molar-refractivity contribution in [1.29, 1.82) is 0 Å². The maximum atomic E-state index is 5.85. The van der Waals surface area contributed by atoms with Crippen LogP contribution in [0.1, 0.15) is 32.9 Å². The highest BCUT2D eigenvalue weighted by atomic mass is 16.5. The van der Waals surface area contributed by atoms with Gasteiger partial charge in [0.15, 0.2) is 5.82 Å². The monoisotopic (exact) mass is 271 g/mol. The number of anilines is 1.